The molecule has 0 N–H and O–H groups in total. The van der Waals surface area contributed by atoms with Gasteiger partial charge in [-0.3, -0.25) is 0 Å². The zero-order chi connectivity index (χ0) is 65.4. The van der Waals surface area contributed by atoms with Crippen LogP contribution in [0.25, 0.3) is 34.2 Å². The minimum Gasteiger partial charge on any atom is -0.399 e. The van der Waals surface area contributed by atoms with E-state index in [9.17, 15) is 0 Å². The van der Waals surface area contributed by atoms with Gasteiger partial charge in [-0.25, -0.2) is 15.0 Å². The summed E-state index contributed by atoms with van der Waals surface area (Å²) in [6, 6.07) is 38.8. The molecule has 0 saturated carbocycles. The highest BCUT2D eigenvalue weighted by Crippen LogP contribution is 2.39. The van der Waals surface area contributed by atoms with E-state index in [1.165, 1.54) is 147 Å². The van der Waals surface area contributed by atoms with Crippen LogP contribution in [0.1, 0.15) is 217 Å². The third kappa shape index (κ3) is 19.9. The van der Waals surface area contributed by atoms with Crippen molar-refractivity contribution in [2.24, 2.45) is 0 Å². The molecule has 7 nitrogen and oxygen atoms in total. The van der Waals surface area contributed by atoms with Gasteiger partial charge >= 0.3 is 14.2 Å². The largest absolute Gasteiger partial charge is 0.495 e. The highest BCUT2D eigenvalue weighted by molar-refractivity contribution is 9.11. The van der Waals surface area contributed by atoms with Crippen LogP contribution < -0.4 is 10.9 Å². The Bertz CT molecular complexity index is 3180. The molecule has 482 valence electrons. The average Bonchev–Trinajstić information content (AvgIpc) is 1.62. The van der Waals surface area contributed by atoms with Gasteiger partial charge in [0, 0.05) is 34.6 Å². The summed E-state index contributed by atoms with van der Waals surface area (Å²) in [6.45, 7) is 32.5. The van der Waals surface area contributed by atoms with Crippen molar-refractivity contribution in [2.45, 2.75) is 248 Å². The first-order valence-corrected chi connectivity index (χ1v) is 36.8. The van der Waals surface area contributed by atoms with Gasteiger partial charge in [0.05, 0.1) is 22.4 Å². The summed E-state index contributed by atoms with van der Waals surface area (Å²) in [6.07, 6.45) is 23.3. The van der Waals surface area contributed by atoms with Gasteiger partial charge in [0.25, 0.3) is 0 Å². The van der Waals surface area contributed by atoms with E-state index >= 15 is 0 Å². The molecule has 2 saturated heterocycles. The van der Waals surface area contributed by atoms with Crippen molar-refractivity contribution in [3.63, 3.8) is 0 Å². The zero-order valence-corrected chi connectivity index (χ0v) is 63.3. The molecule has 0 aliphatic carbocycles. The Morgan fingerprint density at radius 1 is 0.344 bits per heavy atom. The van der Waals surface area contributed by atoms with Crippen molar-refractivity contribution in [1.82, 2.24) is 15.0 Å². The Balaban J connectivity index is 0.000000222. The maximum absolute atomic E-state index is 6.44. The van der Waals surface area contributed by atoms with Crippen LogP contribution in [0.5, 0.6) is 0 Å². The summed E-state index contributed by atoms with van der Waals surface area (Å²) in [4.78, 5) is 14.5. The molecule has 0 unspecified atom stereocenters. The minimum absolute atomic E-state index is 0.301. The number of hydrogen-bond acceptors (Lipinski definition) is 7. The second-order valence-corrected chi connectivity index (χ2v) is 30.3. The highest BCUT2D eigenvalue weighted by Gasteiger charge is 2.53. The van der Waals surface area contributed by atoms with Crippen molar-refractivity contribution in [3.05, 3.63) is 177 Å². The summed E-state index contributed by atoms with van der Waals surface area (Å²) >= 11 is 14.0. The lowest BCUT2D eigenvalue weighted by Crippen LogP contribution is -2.41. The number of unbranched alkanes of at least 4 members (excludes halogenated alkanes) is 10. The SMILES string of the molecule is CCCCCCCCCCCCc1ccc(-c2nc(-c3ccc(Br)cc3)nc(-c3ccc(Br)cc3)n2)cc1.CCc1cc(B2OC(C)(C)C(C)(C)O2)c(CC)cc1CCCCc1cc(CC)c(B2OC(C)(C)C(C)(C)O2)cc1CC.Cc1cc(Br)c(C)cc1Br. The molecule has 3 heterocycles. The first-order chi connectivity index (χ1) is 42.8. The van der Waals surface area contributed by atoms with Gasteiger partial charge in [-0.15, -0.1) is 0 Å². The highest BCUT2D eigenvalue weighted by atomic mass is 79.9. The van der Waals surface area contributed by atoms with Crippen molar-refractivity contribution in [3.8, 4) is 34.2 Å². The molecule has 13 heteroatoms. The molecular weight excluding hydrogens is 1370 g/mol. The Labute approximate surface area is 577 Å². The van der Waals surface area contributed by atoms with Gasteiger partial charge in [0.1, 0.15) is 0 Å². The quantitative estimate of drug-likeness (QED) is 0.0417. The molecule has 1 aromatic heterocycles. The number of aryl methyl sites for hydroxylation is 9. The van der Waals surface area contributed by atoms with E-state index in [1.54, 1.807) is 0 Å². The standard InChI is InChI=1S/C36H56B2O4.C33H37Br2N3.C8H8Br2/c1-13-25-23-31(37-39-33(5,6)34(7,8)40-37)27(15-3)21-29(25)19-17-18-20-30-22-28(16-4)32(24-26(30)14-2)38-41-35(9,10)36(11,12)42-38;1-2-3-4-5-6-7-8-9-10-11-12-25-13-15-26(16-14-25)31-36-32(27-17-21-29(34)22-18-27)38-33(37-31)28-19-23-30(35)24-20-28;1-5-3-8(10)6(2)4-7(5)9/h21-24H,13-20H2,1-12H3;13-24H,2-12H2,1H3;3-4H,1-2H3. The summed E-state index contributed by atoms with van der Waals surface area (Å²) in [5, 5.41) is 0. The number of halogens is 4. The molecule has 6 aromatic carbocycles. The summed E-state index contributed by atoms with van der Waals surface area (Å²) in [5.41, 5.74) is 16.4. The van der Waals surface area contributed by atoms with Crippen LogP contribution in [0.2, 0.25) is 0 Å². The Morgan fingerprint density at radius 3 is 0.967 bits per heavy atom. The molecule has 7 aromatic rings. The maximum Gasteiger partial charge on any atom is 0.495 e. The average molecular weight is 1470 g/mol. The molecule has 90 heavy (non-hydrogen) atoms. The van der Waals surface area contributed by atoms with Gasteiger partial charge in [-0.1, -0.05) is 229 Å². The Morgan fingerprint density at radius 2 is 0.644 bits per heavy atom. The monoisotopic (exact) mass is 1470 g/mol. The Hall–Kier alpha value is -3.78. The first kappa shape index (κ1) is 73.6. The summed E-state index contributed by atoms with van der Waals surface area (Å²) in [7, 11) is -0.602. The first-order valence-electron chi connectivity index (χ1n) is 33.6. The number of nitrogens with zero attached hydrogens (tertiary/aromatic N) is 3. The second kappa shape index (κ2) is 34.1. The van der Waals surface area contributed by atoms with E-state index in [4.69, 9.17) is 33.6 Å². The molecule has 0 atom stereocenters. The number of rotatable bonds is 25. The van der Waals surface area contributed by atoms with E-state index in [1.807, 2.05) is 48.5 Å². The van der Waals surface area contributed by atoms with Gasteiger partial charge in [0.15, 0.2) is 17.5 Å². The predicted molar refractivity (Wildman–Crippen MR) is 397 cm³/mol. The smallest absolute Gasteiger partial charge is 0.399 e. The van der Waals surface area contributed by atoms with Crippen LogP contribution in [-0.4, -0.2) is 51.6 Å². The van der Waals surface area contributed by atoms with Crippen LogP contribution in [0.3, 0.4) is 0 Å². The molecule has 2 aliphatic rings. The van der Waals surface area contributed by atoms with E-state index in [0.717, 1.165) is 70.6 Å². The van der Waals surface area contributed by atoms with Crippen molar-refractivity contribution < 1.29 is 18.6 Å². The third-order valence-electron chi connectivity index (χ3n) is 18.9. The molecule has 0 spiro atoms. The molecule has 2 aliphatic heterocycles. The summed E-state index contributed by atoms with van der Waals surface area (Å²) in [5.74, 6) is 2.05. The molecule has 2 fully saturated rings. The van der Waals surface area contributed by atoms with Gasteiger partial charge < -0.3 is 18.6 Å². The van der Waals surface area contributed by atoms with E-state index in [2.05, 4.69) is 228 Å². The predicted octanol–water partition coefficient (Wildman–Crippen LogP) is 21.8. The normalized spacial score (nSPS) is 15.4. The lowest BCUT2D eigenvalue weighted by Gasteiger charge is -2.32. The molecule has 0 radical (unpaired) electrons. The van der Waals surface area contributed by atoms with Crippen molar-refractivity contribution in [1.29, 1.82) is 0 Å². The van der Waals surface area contributed by atoms with Crippen LogP contribution in [0.4, 0.5) is 0 Å². The molecule has 0 amide bonds. The summed E-state index contributed by atoms with van der Waals surface area (Å²) < 4.78 is 30.2. The van der Waals surface area contributed by atoms with E-state index in [0.29, 0.717) is 17.5 Å². The van der Waals surface area contributed by atoms with Gasteiger partial charge in [-0.05, 0) is 231 Å². The molecule has 9 rings (SSSR count). The number of aromatic nitrogens is 3. The lowest BCUT2D eigenvalue weighted by atomic mass is 9.73. The topological polar surface area (TPSA) is 75.6 Å². The second-order valence-electron chi connectivity index (χ2n) is 26.7. The Kier molecular flexibility index (Phi) is 27.9. The maximum atomic E-state index is 6.44. The third-order valence-corrected chi connectivity index (χ3v) is 21.7. The van der Waals surface area contributed by atoms with Crippen LogP contribution in [-0.2, 0) is 63.6 Å². The van der Waals surface area contributed by atoms with Crippen molar-refractivity contribution in [2.75, 3.05) is 0 Å². The van der Waals surface area contributed by atoms with Gasteiger partial charge in [0.2, 0.25) is 0 Å². The fourth-order valence-electron chi connectivity index (χ4n) is 11.6. The van der Waals surface area contributed by atoms with Crippen LogP contribution in [0, 0.1) is 13.8 Å². The number of hydrogen-bond donors (Lipinski definition) is 0. The fourth-order valence-corrected chi connectivity index (χ4v) is 13.1. The lowest BCUT2D eigenvalue weighted by molar-refractivity contribution is 0.00578. The van der Waals surface area contributed by atoms with Crippen molar-refractivity contribution >= 4 is 88.9 Å². The van der Waals surface area contributed by atoms with Crippen LogP contribution >= 0.6 is 63.7 Å². The molecule has 0 bridgehead atoms. The molecular formula is C77H101B2Br4N3O4. The van der Waals surface area contributed by atoms with Gasteiger partial charge in [-0.2, -0.15) is 0 Å². The minimum atomic E-state index is -0.328. The van der Waals surface area contributed by atoms with Crippen LogP contribution in [0.15, 0.2) is 127 Å². The van der Waals surface area contributed by atoms with E-state index in [-0.39, 0.29) is 36.6 Å². The van der Waals surface area contributed by atoms with E-state index < -0.39 is 0 Å². The number of benzene rings is 6. The fraction of sp³-hybridized carbons (Fsp3) is 0.494. The zero-order valence-electron chi connectivity index (χ0n) is 57.0.